The smallest absolute Gasteiger partial charge is 0.306 e. The molecule has 0 aromatic heterocycles. The summed E-state index contributed by atoms with van der Waals surface area (Å²) < 4.78 is 32.1. The SMILES string of the molecule is CCN(CCC(=O)OC)S(=O)(=O)c1ccc(Br)cc1Br. The first kappa shape index (κ1) is 17.6. The standard InChI is InChI=1S/C12H15Br2NO4S/c1-3-15(7-6-12(16)19-2)20(17,18)11-5-4-9(13)8-10(11)14/h4-5,8H,3,6-7H2,1-2H3. The molecule has 0 unspecified atom stereocenters. The van der Waals surface area contributed by atoms with Crippen LogP contribution in [0.15, 0.2) is 32.0 Å². The van der Waals surface area contributed by atoms with Gasteiger partial charge in [0.15, 0.2) is 0 Å². The van der Waals surface area contributed by atoms with Crippen molar-refractivity contribution in [3.05, 3.63) is 27.1 Å². The Balaban J connectivity index is 3.02. The van der Waals surface area contributed by atoms with Crippen molar-refractivity contribution in [2.45, 2.75) is 18.2 Å². The van der Waals surface area contributed by atoms with Gasteiger partial charge in [-0.05, 0) is 34.1 Å². The second-order valence-corrected chi connectivity index (χ2v) is 7.57. The molecule has 0 heterocycles. The molecule has 0 spiro atoms. The highest BCUT2D eigenvalue weighted by molar-refractivity contribution is 9.11. The summed E-state index contributed by atoms with van der Waals surface area (Å²) >= 11 is 6.52. The number of nitrogens with zero attached hydrogens (tertiary/aromatic N) is 1. The van der Waals surface area contributed by atoms with Gasteiger partial charge in [0, 0.05) is 22.0 Å². The van der Waals surface area contributed by atoms with Crippen LogP contribution < -0.4 is 0 Å². The van der Waals surface area contributed by atoms with Crippen molar-refractivity contribution >= 4 is 47.9 Å². The Morgan fingerprint density at radius 3 is 2.50 bits per heavy atom. The van der Waals surface area contributed by atoms with Crippen LogP contribution in [0.4, 0.5) is 0 Å². The van der Waals surface area contributed by atoms with Crippen LogP contribution in [0.2, 0.25) is 0 Å². The molecular formula is C12H15Br2NO4S. The van der Waals surface area contributed by atoms with E-state index in [9.17, 15) is 13.2 Å². The van der Waals surface area contributed by atoms with Crippen LogP contribution in [0.3, 0.4) is 0 Å². The highest BCUT2D eigenvalue weighted by atomic mass is 79.9. The average molecular weight is 429 g/mol. The van der Waals surface area contributed by atoms with Crippen molar-refractivity contribution in [3.63, 3.8) is 0 Å². The van der Waals surface area contributed by atoms with E-state index in [4.69, 9.17) is 0 Å². The van der Waals surface area contributed by atoms with Gasteiger partial charge in [-0.2, -0.15) is 4.31 Å². The van der Waals surface area contributed by atoms with Crippen molar-refractivity contribution in [2.75, 3.05) is 20.2 Å². The van der Waals surface area contributed by atoms with Crippen molar-refractivity contribution in [2.24, 2.45) is 0 Å². The van der Waals surface area contributed by atoms with Gasteiger partial charge in [-0.1, -0.05) is 22.9 Å². The van der Waals surface area contributed by atoms with Crippen molar-refractivity contribution in [1.82, 2.24) is 4.31 Å². The molecule has 0 aliphatic heterocycles. The first-order valence-electron chi connectivity index (χ1n) is 5.85. The summed E-state index contributed by atoms with van der Waals surface area (Å²) in [5, 5.41) is 0. The minimum atomic E-state index is -3.64. The molecule has 1 aromatic carbocycles. The number of halogens is 2. The fourth-order valence-corrected chi connectivity index (χ4v) is 4.75. The van der Waals surface area contributed by atoms with Gasteiger partial charge in [-0.3, -0.25) is 4.79 Å². The number of benzene rings is 1. The van der Waals surface area contributed by atoms with Crippen LogP contribution in [0, 0.1) is 0 Å². The van der Waals surface area contributed by atoms with Gasteiger partial charge in [-0.15, -0.1) is 0 Å². The Kier molecular flexibility index (Phi) is 6.63. The van der Waals surface area contributed by atoms with Crippen molar-refractivity contribution < 1.29 is 17.9 Å². The third-order valence-electron chi connectivity index (χ3n) is 2.66. The molecule has 20 heavy (non-hydrogen) atoms. The number of carbonyl (C=O) groups is 1. The quantitative estimate of drug-likeness (QED) is 0.653. The molecular weight excluding hydrogens is 414 g/mol. The maximum absolute atomic E-state index is 12.5. The van der Waals surface area contributed by atoms with E-state index < -0.39 is 16.0 Å². The van der Waals surface area contributed by atoms with E-state index in [1.165, 1.54) is 17.5 Å². The summed E-state index contributed by atoms with van der Waals surface area (Å²) in [4.78, 5) is 11.3. The van der Waals surface area contributed by atoms with Crippen LogP contribution >= 0.6 is 31.9 Å². The van der Waals surface area contributed by atoms with Gasteiger partial charge in [0.25, 0.3) is 0 Å². The molecule has 0 radical (unpaired) electrons. The van der Waals surface area contributed by atoms with Crippen molar-refractivity contribution in [3.8, 4) is 0 Å². The monoisotopic (exact) mass is 427 g/mol. The molecule has 1 rings (SSSR count). The number of rotatable bonds is 6. The summed E-state index contributed by atoms with van der Waals surface area (Å²) in [5.41, 5.74) is 0. The van der Waals surface area contributed by atoms with Crippen LogP contribution in [-0.2, 0) is 19.6 Å². The van der Waals surface area contributed by atoms with Gasteiger partial charge in [0.2, 0.25) is 10.0 Å². The molecule has 0 N–H and O–H groups in total. The molecule has 8 heteroatoms. The summed E-state index contributed by atoms with van der Waals surface area (Å²) in [6.07, 6.45) is 0.0255. The van der Waals surface area contributed by atoms with E-state index in [2.05, 4.69) is 36.6 Å². The summed E-state index contributed by atoms with van der Waals surface area (Å²) in [5.74, 6) is -0.437. The number of carbonyl (C=O) groups excluding carboxylic acids is 1. The number of hydrogen-bond acceptors (Lipinski definition) is 4. The minimum Gasteiger partial charge on any atom is -0.469 e. The molecule has 1 aromatic rings. The largest absolute Gasteiger partial charge is 0.469 e. The maximum atomic E-state index is 12.5. The third kappa shape index (κ3) is 4.28. The number of sulfonamides is 1. The number of esters is 1. The molecule has 0 atom stereocenters. The fraction of sp³-hybridized carbons (Fsp3) is 0.417. The molecule has 0 fully saturated rings. The first-order chi connectivity index (χ1) is 9.32. The second-order valence-electron chi connectivity index (χ2n) is 3.90. The van der Waals surface area contributed by atoms with E-state index in [0.29, 0.717) is 4.47 Å². The Morgan fingerprint density at radius 2 is 2.00 bits per heavy atom. The predicted octanol–water partition coefficient (Wildman–Crippen LogP) is 2.79. The van der Waals surface area contributed by atoms with Gasteiger partial charge in [0.1, 0.15) is 0 Å². The Bertz CT molecular complexity index is 589. The Hall–Kier alpha value is -0.440. The van der Waals surface area contributed by atoms with E-state index in [1.807, 2.05) is 0 Å². The minimum absolute atomic E-state index is 0.0255. The molecule has 0 aliphatic carbocycles. The van der Waals surface area contributed by atoms with Gasteiger partial charge in [0.05, 0.1) is 18.4 Å². The molecule has 0 aliphatic rings. The Morgan fingerprint density at radius 1 is 1.35 bits per heavy atom. The zero-order valence-electron chi connectivity index (χ0n) is 11.1. The lowest BCUT2D eigenvalue weighted by molar-refractivity contribution is -0.140. The van der Waals surface area contributed by atoms with E-state index in [0.717, 1.165) is 4.47 Å². The highest BCUT2D eigenvalue weighted by Gasteiger charge is 2.25. The zero-order chi connectivity index (χ0) is 15.3. The number of ether oxygens (including phenoxy) is 1. The fourth-order valence-electron chi connectivity index (χ4n) is 1.59. The highest BCUT2D eigenvalue weighted by Crippen LogP contribution is 2.28. The molecule has 0 saturated heterocycles. The van der Waals surface area contributed by atoms with E-state index >= 15 is 0 Å². The molecule has 0 amide bonds. The van der Waals surface area contributed by atoms with Crippen molar-refractivity contribution in [1.29, 1.82) is 0 Å². The van der Waals surface area contributed by atoms with E-state index in [-0.39, 0.29) is 24.4 Å². The van der Waals surface area contributed by atoms with Crippen LogP contribution in [0.25, 0.3) is 0 Å². The molecule has 0 saturated carbocycles. The van der Waals surface area contributed by atoms with Crippen LogP contribution in [0.5, 0.6) is 0 Å². The third-order valence-corrected chi connectivity index (χ3v) is 6.10. The molecule has 112 valence electrons. The topological polar surface area (TPSA) is 63.7 Å². The maximum Gasteiger partial charge on any atom is 0.306 e. The first-order valence-corrected chi connectivity index (χ1v) is 8.87. The summed E-state index contributed by atoms with van der Waals surface area (Å²) in [6, 6.07) is 4.84. The van der Waals surface area contributed by atoms with E-state index in [1.54, 1.807) is 19.1 Å². The molecule has 5 nitrogen and oxygen atoms in total. The lowest BCUT2D eigenvalue weighted by atomic mass is 10.4. The van der Waals surface area contributed by atoms with Crippen LogP contribution in [-0.4, -0.2) is 38.9 Å². The lowest BCUT2D eigenvalue weighted by Crippen LogP contribution is -2.33. The normalized spacial score (nSPS) is 11.7. The van der Waals surface area contributed by atoms with Gasteiger partial charge >= 0.3 is 5.97 Å². The van der Waals surface area contributed by atoms with Crippen LogP contribution in [0.1, 0.15) is 13.3 Å². The number of hydrogen-bond donors (Lipinski definition) is 0. The Labute approximate surface area is 135 Å². The second kappa shape index (κ2) is 7.53. The van der Waals surface area contributed by atoms with Gasteiger partial charge < -0.3 is 4.74 Å². The predicted molar refractivity (Wildman–Crippen MR) is 82.9 cm³/mol. The summed E-state index contributed by atoms with van der Waals surface area (Å²) in [6.45, 7) is 2.09. The molecule has 0 bridgehead atoms. The number of methoxy groups -OCH3 is 1. The average Bonchev–Trinajstić information content (AvgIpc) is 2.38. The summed E-state index contributed by atoms with van der Waals surface area (Å²) in [7, 11) is -2.37. The zero-order valence-corrected chi connectivity index (χ0v) is 15.1. The lowest BCUT2D eigenvalue weighted by Gasteiger charge is -2.20. The van der Waals surface area contributed by atoms with Gasteiger partial charge in [-0.25, -0.2) is 8.42 Å².